The number of alkyl halides is 3. The van der Waals surface area contributed by atoms with E-state index < -0.39 is 33.7 Å². The molecule has 31 heavy (non-hydrogen) atoms. The zero-order valence-electron chi connectivity index (χ0n) is 16.9. The zero-order valence-corrected chi connectivity index (χ0v) is 17.7. The number of hydrogen-bond acceptors (Lipinski definition) is 4. The van der Waals surface area contributed by atoms with Crippen molar-refractivity contribution in [3.8, 4) is 0 Å². The monoisotopic (exact) mass is 451 g/mol. The molecule has 10 heteroatoms. The van der Waals surface area contributed by atoms with E-state index >= 15 is 0 Å². The summed E-state index contributed by atoms with van der Waals surface area (Å²) in [6.07, 6.45) is -2.02. The van der Waals surface area contributed by atoms with Crippen LogP contribution >= 0.6 is 0 Å². The SMILES string of the molecule is Cc1cc(C(C)NC(=O)c2ccc3cc(C(F)(F)F)ccc3c2)ncc1NS(C)(=O)=O. The Morgan fingerprint density at radius 1 is 1.06 bits per heavy atom. The van der Waals surface area contributed by atoms with Crippen molar-refractivity contribution in [2.45, 2.75) is 26.1 Å². The molecule has 3 aromatic rings. The van der Waals surface area contributed by atoms with Gasteiger partial charge in [0.15, 0.2) is 0 Å². The third-order valence-electron chi connectivity index (χ3n) is 4.65. The number of pyridine rings is 1. The fourth-order valence-electron chi connectivity index (χ4n) is 3.04. The highest BCUT2D eigenvalue weighted by Gasteiger charge is 2.30. The summed E-state index contributed by atoms with van der Waals surface area (Å²) in [6.45, 7) is 3.44. The van der Waals surface area contributed by atoms with Gasteiger partial charge in [-0.3, -0.25) is 14.5 Å². The van der Waals surface area contributed by atoms with Crippen molar-refractivity contribution < 1.29 is 26.4 Å². The van der Waals surface area contributed by atoms with Crippen molar-refractivity contribution in [2.24, 2.45) is 0 Å². The molecule has 0 aliphatic carbocycles. The van der Waals surface area contributed by atoms with E-state index in [0.717, 1.165) is 18.4 Å². The highest BCUT2D eigenvalue weighted by Crippen LogP contribution is 2.31. The molecule has 3 rings (SSSR count). The average Bonchev–Trinajstić information content (AvgIpc) is 2.66. The number of nitrogens with one attached hydrogen (secondary N) is 2. The Labute approximate surface area is 177 Å². The van der Waals surface area contributed by atoms with E-state index in [1.165, 1.54) is 30.5 Å². The molecule has 2 aromatic carbocycles. The molecule has 1 heterocycles. The van der Waals surface area contributed by atoms with Gasteiger partial charge >= 0.3 is 6.18 Å². The van der Waals surface area contributed by atoms with Gasteiger partial charge in [0, 0.05) is 5.56 Å². The van der Waals surface area contributed by atoms with Crippen LogP contribution in [0.15, 0.2) is 48.7 Å². The molecule has 0 radical (unpaired) electrons. The lowest BCUT2D eigenvalue weighted by molar-refractivity contribution is -0.137. The Balaban J connectivity index is 1.77. The zero-order chi connectivity index (χ0) is 23.0. The number of benzene rings is 2. The molecule has 0 aliphatic rings. The standard InChI is InChI=1S/C21H20F3N3O3S/c1-12-8-18(25-11-19(12)27-31(3,29)30)13(2)26-20(28)16-5-4-15-10-17(21(22,23)24)7-6-14(15)9-16/h4-11,13,27H,1-3H3,(H,26,28). The van der Waals surface area contributed by atoms with Gasteiger partial charge in [-0.1, -0.05) is 12.1 Å². The van der Waals surface area contributed by atoms with E-state index in [2.05, 4.69) is 15.0 Å². The number of nitrogens with zero attached hydrogens (tertiary/aromatic N) is 1. The van der Waals surface area contributed by atoms with Gasteiger partial charge < -0.3 is 5.32 Å². The molecule has 1 aromatic heterocycles. The van der Waals surface area contributed by atoms with Crippen LogP contribution in [-0.2, 0) is 16.2 Å². The first-order valence-corrected chi connectivity index (χ1v) is 11.1. The quantitative estimate of drug-likeness (QED) is 0.601. The summed E-state index contributed by atoms with van der Waals surface area (Å²) in [5.41, 5.74) is 1.06. The molecule has 2 N–H and O–H groups in total. The second kappa shape index (κ2) is 8.18. The number of fused-ring (bicyclic) bond motifs is 1. The topological polar surface area (TPSA) is 88.2 Å². The Morgan fingerprint density at radius 2 is 1.71 bits per heavy atom. The minimum Gasteiger partial charge on any atom is -0.344 e. The highest BCUT2D eigenvalue weighted by atomic mass is 32.2. The molecular weight excluding hydrogens is 431 g/mol. The Bertz CT molecular complexity index is 1260. The summed E-state index contributed by atoms with van der Waals surface area (Å²) in [7, 11) is -3.44. The van der Waals surface area contributed by atoms with Gasteiger partial charge in [-0.25, -0.2) is 8.42 Å². The first-order chi connectivity index (χ1) is 14.3. The largest absolute Gasteiger partial charge is 0.416 e. The van der Waals surface area contributed by atoms with Gasteiger partial charge in [0.25, 0.3) is 5.91 Å². The van der Waals surface area contributed by atoms with Gasteiger partial charge in [0.2, 0.25) is 10.0 Å². The van der Waals surface area contributed by atoms with E-state index in [4.69, 9.17) is 0 Å². The fourth-order valence-corrected chi connectivity index (χ4v) is 3.65. The van der Waals surface area contributed by atoms with E-state index in [1.807, 2.05) is 0 Å². The predicted octanol–water partition coefficient (Wildman–Crippen LogP) is 4.42. The summed E-state index contributed by atoms with van der Waals surface area (Å²) in [4.78, 5) is 16.8. The molecule has 1 atom stereocenters. The molecule has 1 amide bonds. The maximum absolute atomic E-state index is 12.9. The van der Waals surface area contributed by atoms with Crippen molar-refractivity contribution in [3.05, 3.63) is 71.0 Å². The summed E-state index contributed by atoms with van der Waals surface area (Å²) in [6, 6.07) is 8.98. The number of carbonyl (C=O) groups is 1. The van der Waals surface area contributed by atoms with Crippen molar-refractivity contribution in [1.82, 2.24) is 10.3 Å². The molecule has 0 saturated heterocycles. The van der Waals surface area contributed by atoms with Crippen LogP contribution < -0.4 is 10.0 Å². The number of hydrogen-bond donors (Lipinski definition) is 2. The average molecular weight is 451 g/mol. The molecule has 1 unspecified atom stereocenters. The van der Waals surface area contributed by atoms with Crippen LogP contribution in [0.4, 0.5) is 18.9 Å². The van der Waals surface area contributed by atoms with Crippen LogP contribution in [0.5, 0.6) is 0 Å². The van der Waals surface area contributed by atoms with Crippen LogP contribution in [0.1, 0.15) is 40.1 Å². The lowest BCUT2D eigenvalue weighted by atomic mass is 10.0. The minimum atomic E-state index is -4.43. The number of carbonyl (C=O) groups excluding carboxylic acids is 1. The lowest BCUT2D eigenvalue weighted by Crippen LogP contribution is -2.27. The van der Waals surface area contributed by atoms with E-state index in [9.17, 15) is 26.4 Å². The second-order valence-corrected chi connectivity index (χ2v) is 9.02. The summed E-state index contributed by atoms with van der Waals surface area (Å²) < 4.78 is 63.7. The fraction of sp³-hybridized carbons (Fsp3) is 0.238. The van der Waals surface area contributed by atoms with Crippen molar-refractivity contribution in [3.63, 3.8) is 0 Å². The van der Waals surface area contributed by atoms with Gasteiger partial charge in [-0.2, -0.15) is 13.2 Å². The van der Waals surface area contributed by atoms with Crippen LogP contribution in [-0.4, -0.2) is 25.6 Å². The molecule has 0 aliphatic heterocycles. The molecule has 164 valence electrons. The Morgan fingerprint density at radius 3 is 2.32 bits per heavy atom. The van der Waals surface area contributed by atoms with Crippen LogP contribution in [0.25, 0.3) is 10.8 Å². The molecular formula is C21H20F3N3O3S. The minimum absolute atomic E-state index is 0.297. The van der Waals surface area contributed by atoms with E-state index in [1.54, 1.807) is 19.9 Å². The van der Waals surface area contributed by atoms with Crippen LogP contribution in [0, 0.1) is 6.92 Å². The Hall–Kier alpha value is -3.14. The van der Waals surface area contributed by atoms with Gasteiger partial charge in [0.1, 0.15) is 0 Å². The number of halogens is 3. The van der Waals surface area contributed by atoms with E-state index in [-0.39, 0.29) is 0 Å². The third kappa shape index (κ3) is 5.52. The highest BCUT2D eigenvalue weighted by molar-refractivity contribution is 7.92. The lowest BCUT2D eigenvalue weighted by Gasteiger charge is -2.16. The Kier molecular flexibility index (Phi) is 5.95. The second-order valence-electron chi connectivity index (χ2n) is 7.27. The number of amides is 1. The van der Waals surface area contributed by atoms with Gasteiger partial charge in [0.05, 0.1) is 35.4 Å². The molecule has 0 fully saturated rings. The van der Waals surface area contributed by atoms with Crippen LogP contribution in [0.3, 0.4) is 0 Å². The van der Waals surface area contributed by atoms with Crippen molar-refractivity contribution in [1.29, 1.82) is 0 Å². The number of rotatable bonds is 5. The number of aromatic nitrogens is 1. The smallest absolute Gasteiger partial charge is 0.344 e. The molecule has 0 saturated carbocycles. The normalized spacial score (nSPS) is 13.1. The first-order valence-electron chi connectivity index (χ1n) is 9.20. The van der Waals surface area contributed by atoms with Gasteiger partial charge in [-0.05, 0) is 60.5 Å². The number of aryl methyl sites for hydroxylation is 1. The summed E-state index contributed by atoms with van der Waals surface area (Å²) >= 11 is 0. The number of anilines is 1. The third-order valence-corrected chi connectivity index (χ3v) is 5.24. The van der Waals surface area contributed by atoms with Crippen molar-refractivity contribution in [2.75, 3.05) is 11.0 Å². The maximum atomic E-state index is 12.9. The molecule has 0 bridgehead atoms. The van der Waals surface area contributed by atoms with Gasteiger partial charge in [-0.15, -0.1) is 0 Å². The molecule has 0 spiro atoms. The van der Waals surface area contributed by atoms with Crippen molar-refractivity contribution >= 4 is 32.4 Å². The van der Waals surface area contributed by atoms with Crippen LogP contribution in [0.2, 0.25) is 0 Å². The maximum Gasteiger partial charge on any atom is 0.416 e. The predicted molar refractivity (Wildman–Crippen MR) is 112 cm³/mol. The summed E-state index contributed by atoms with van der Waals surface area (Å²) in [5.74, 6) is -0.410. The summed E-state index contributed by atoms with van der Waals surface area (Å²) in [5, 5.41) is 3.68. The molecule has 6 nitrogen and oxygen atoms in total. The van der Waals surface area contributed by atoms with E-state index in [0.29, 0.717) is 33.3 Å². The first kappa shape index (κ1) is 22.5. The number of sulfonamides is 1.